The first-order valence-corrected chi connectivity index (χ1v) is 4.33. The van der Waals surface area contributed by atoms with Gasteiger partial charge < -0.3 is 4.90 Å². The summed E-state index contributed by atoms with van der Waals surface area (Å²) in [5, 5.41) is 8.31. The fourth-order valence-electron chi connectivity index (χ4n) is 0.911. The van der Waals surface area contributed by atoms with Gasteiger partial charge in [-0.05, 0) is 6.42 Å². The average molecular weight is 168 g/mol. The molecular formula is C9H16N2O. The van der Waals surface area contributed by atoms with E-state index in [0.717, 1.165) is 19.3 Å². The second-order valence-corrected chi connectivity index (χ2v) is 2.87. The van der Waals surface area contributed by atoms with Crippen molar-refractivity contribution >= 4 is 5.91 Å². The minimum atomic E-state index is 0.0741. The molecule has 0 unspecified atom stereocenters. The van der Waals surface area contributed by atoms with Gasteiger partial charge in [-0.1, -0.05) is 19.8 Å². The third-order valence-corrected chi connectivity index (χ3v) is 1.73. The van der Waals surface area contributed by atoms with Gasteiger partial charge in [0.05, 0.1) is 6.07 Å². The highest BCUT2D eigenvalue weighted by Gasteiger charge is 2.05. The monoisotopic (exact) mass is 168 g/mol. The molecule has 0 N–H and O–H groups in total. The van der Waals surface area contributed by atoms with Crippen LogP contribution in [-0.2, 0) is 4.79 Å². The molecule has 0 aliphatic rings. The molecule has 0 aromatic carbocycles. The third kappa shape index (κ3) is 4.73. The molecule has 0 aliphatic carbocycles. The Bertz CT molecular complexity index is 172. The Balaban J connectivity index is 3.51. The molecule has 0 aromatic heterocycles. The zero-order valence-electron chi connectivity index (χ0n) is 7.84. The number of nitrogens with zero attached hydrogens (tertiary/aromatic N) is 2. The lowest BCUT2D eigenvalue weighted by atomic mass is 10.2. The first-order chi connectivity index (χ1) is 5.72. The average Bonchev–Trinajstić information content (AvgIpc) is 2.05. The molecule has 0 rings (SSSR count). The van der Waals surface area contributed by atoms with Crippen molar-refractivity contribution in [3.8, 4) is 6.07 Å². The maximum atomic E-state index is 11.2. The van der Waals surface area contributed by atoms with E-state index in [-0.39, 0.29) is 12.5 Å². The Hall–Kier alpha value is -1.04. The van der Waals surface area contributed by atoms with Gasteiger partial charge in [-0.15, -0.1) is 0 Å². The molecule has 0 saturated carbocycles. The molecule has 3 nitrogen and oxygen atoms in total. The molecule has 0 bridgehead atoms. The van der Waals surface area contributed by atoms with Crippen molar-refractivity contribution in [1.29, 1.82) is 5.26 Å². The summed E-state index contributed by atoms with van der Waals surface area (Å²) in [5.74, 6) is 0.0741. The number of hydrogen-bond donors (Lipinski definition) is 0. The molecule has 1 amide bonds. The van der Waals surface area contributed by atoms with E-state index in [1.54, 1.807) is 7.05 Å². The summed E-state index contributed by atoms with van der Waals surface area (Å²) in [4.78, 5) is 12.7. The fraction of sp³-hybridized carbons (Fsp3) is 0.778. The number of amides is 1. The van der Waals surface area contributed by atoms with Crippen molar-refractivity contribution < 1.29 is 4.79 Å². The lowest BCUT2D eigenvalue weighted by Crippen LogP contribution is -2.26. The third-order valence-electron chi connectivity index (χ3n) is 1.73. The topological polar surface area (TPSA) is 44.1 Å². The standard InChI is InChI=1S/C9H16N2O/c1-3-4-5-6-9(12)11(2)8-7-10/h3-6,8H2,1-2H3. The Morgan fingerprint density at radius 3 is 2.67 bits per heavy atom. The second-order valence-electron chi connectivity index (χ2n) is 2.87. The van der Waals surface area contributed by atoms with Gasteiger partial charge in [-0.2, -0.15) is 5.26 Å². The van der Waals surface area contributed by atoms with Crippen molar-refractivity contribution in [1.82, 2.24) is 4.90 Å². The molecule has 0 saturated heterocycles. The lowest BCUT2D eigenvalue weighted by Gasteiger charge is -2.12. The summed E-state index contributed by atoms with van der Waals surface area (Å²) in [7, 11) is 1.66. The van der Waals surface area contributed by atoms with Crippen molar-refractivity contribution in [2.45, 2.75) is 32.6 Å². The molecular weight excluding hydrogens is 152 g/mol. The summed E-state index contributed by atoms with van der Waals surface area (Å²) in [5.41, 5.74) is 0. The highest BCUT2D eigenvalue weighted by Crippen LogP contribution is 2.01. The Labute approximate surface area is 74.0 Å². The first-order valence-electron chi connectivity index (χ1n) is 4.33. The van der Waals surface area contributed by atoms with Crippen LogP contribution in [0.15, 0.2) is 0 Å². The zero-order chi connectivity index (χ0) is 9.40. The van der Waals surface area contributed by atoms with Crippen molar-refractivity contribution in [3.63, 3.8) is 0 Å². The van der Waals surface area contributed by atoms with E-state index in [4.69, 9.17) is 5.26 Å². The van der Waals surface area contributed by atoms with Crippen LogP contribution < -0.4 is 0 Å². The van der Waals surface area contributed by atoms with Crippen LogP contribution in [-0.4, -0.2) is 24.4 Å². The maximum absolute atomic E-state index is 11.2. The largest absolute Gasteiger partial charge is 0.332 e. The van der Waals surface area contributed by atoms with Gasteiger partial charge in [0, 0.05) is 13.5 Å². The van der Waals surface area contributed by atoms with Gasteiger partial charge in [0.25, 0.3) is 0 Å². The molecule has 0 aromatic rings. The molecule has 3 heteroatoms. The molecule has 0 aliphatic heterocycles. The van der Waals surface area contributed by atoms with Gasteiger partial charge in [-0.25, -0.2) is 0 Å². The summed E-state index contributed by atoms with van der Waals surface area (Å²) >= 11 is 0. The molecule has 0 fully saturated rings. The number of rotatable bonds is 5. The normalized spacial score (nSPS) is 9.08. The molecule has 12 heavy (non-hydrogen) atoms. The number of hydrogen-bond acceptors (Lipinski definition) is 2. The van der Waals surface area contributed by atoms with Crippen LogP contribution in [0.4, 0.5) is 0 Å². The van der Waals surface area contributed by atoms with E-state index in [1.165, 1.54) is 4.90 Å². The van der Waals surface area contributed by atoms with E-state index < -0.39 is 0 Å². The van der Waals surface area contributed by atoms with E-state index in [0.29, 0.717) is 6.42 Å². The SMILES string of the molecule is CCCCCC(=O)N(C)CC#N. The number of carbonyl (C=O) groups excluding carboxylic acids is 1. The number of nitriles is 1. The lowest BCUT2D eigenvalue weighted by molar-refractivity contribution is -0.129. The van der Waals surface area contributed by atoms with Gasteiger partial charge >= 0.3 is 0 Å². The molecule has 0 radical (unpaired) electrons. The van der Waals surface area contributed by atoms with Gasteiger partial charge in [0.1, 0.15) is 6.54 Å². The number of carbonyl (C=O) groups is 1. The summed E-state index contributed by atoms with van der Waals surface area (Å²) < 4.78 is 0. The van der Waals surface area contributed by atoms with Crippen LogP contribution in [0.1, 0.15) is 32.6 Å². The second kappa shape index (κ2) is 6.66. The fourth-order valence-corrected chi connectivity index (χ4v) is 0.911. The van der Waals surface area contributed by atoms with Crippen molar-refractivity contribution in [3.05, 3.63) is 0 Å². The minimum Gasteiger partial charge on any atom is -0.332 e. The van der Waals surface area contributed by atoms with Crippen LogP contribution in [0.25, 0.3) is 0 Å². The quantitative estimate of drug-likeness (QED) is 0.461. The predicted molar refractivity (Wildman–Crippen MR) is 47.4 cm³/mol. The van der Waals surface area contributed by atoms with E-state index in [2.05, 4.69) is 6.92 Å². The van der Waals surface area contributed by atoms with Crippen molar-refractivity contribution in [2.24, 2.45) is 0 Å². The Kier molecular flexibility index (Phi) is 6.08. The van der Waals surface area contributed by atoms with Gasteiger partial charge in [0.2, 0.25) is 5.91 Å². The number of unbranched alkanes of at least 4 members (excludes halogenated alkanes) is 2. The molecule has 0 heterocycles. The zero-order valence-corrected chi connectivity index (χ0v) is 7.84. The van der Waals surface area contributed by atoms with Gasteiger partial charge in [0.15, 0.2) is 0 Å². The van der Waals surface area contributed by atoms with Crippen LogP contribution in [0.2, 0.25) is 0 Å². The molecule has 0 atom stereocenters. The van der Waals surface area contributed by atoms with Crippen molar-refractivity contribution in [2.75, 3.05) is 13.6 Å². The predicted octanol–water partition coefficient (Wildman–Crippen LogP) is 1.55. The van der Waals surface area contributed by atoms with Crippen LogP contribution >= 0.6 is 0 Å². The summed E-state index contributed by atoms with van der Waals surface area (Å²) in [6, 6.07) is 1.94. The molecule has 0 spiro atoms. The smallest absolute Gasteiger partial charge is 0.223 e. The van der Waals surface area contributed by atoms with E-state index >= 15 is 0 Å². The van der Waals surface area contributed by atoms with E-state index in [1.807, 2.05) is 6.07 Å². The maximum Gasteiger partial charge on any atom is 0.223 e. The highest BCUT2D eigenvalue weighted by atomic mass is 16.2. The Morgan fingerprint density at radius 2 is 2.17 bits per heavy atom. The molecule has 68 valence electrons. The van der Waals surface area contributed by atoms with E-state index in [9.17, 15) is 4.79 Å². The highest BCUT2D eigenvalue weighted by molar-refractivity contribution is 5.75. The van der Waals surface area contributed by atoms with Crippen LogP contribution in [0, 0.1) is 11.3 Å². The summed E-state index contributed by atoms with van der Waals surface area (Å²) in [6.45, 7) is 2.30. The Morgan fingerprint density at radius 1 is 1.50 bits per heavy atom. The van der Waals surface area contributed by atoms with Gasteiger partial charge in [-0.3, -0.25) is 4.79 Å². The van der Waals surface area contributed by atoms with Crippen LogP contribution in [0.5, 0.6) is 0 Å². The minimum absolute atomic E-state index is 0.0741. The summed E-state index contributed by atoms with van der Waals surface area (Å²) in [6.07, 6.45) is 3.72. The van der Waals surface area contributed by atoms with Crippen LogP contribution in [0.3, 0.4) is 0 Å². The first kappa shape index (κ1) is 11.0.